The molecule has 4 amide bonds. The summed E-state index contributed by atoms with van der Waals surface area (Å²) in [7, 11) is 1.58. The Bertz CT molecular complexity index is 1160. The highest BCUT2D eigenvalue weighted by molar-refractivity contribution is 5.94. The molecule has 3 heterocycles. The third kappa shape index (κ3) is 6.01. The number of carbonyl (C=O) groups excluding carboxylic acids is 4. The van der Waals surface area contributed by atoms with Crippen molar-refractivity contribution in [2.45, 2.75) is 82.8 Å². The van der Waals surface area contributed by atoms with E-state index in [9.17, 15) is 24.4 Å². The SMILES string of the molecule is CNC(=O)c1ccc([C@@H](C)N2C(=O)[C@H]3C[C@@H]2CN3C[C@H](NC(=O)OC(C)(C)C)C(=O)N2CCC[C@H]2C#N)cc1. The van der Waals surface area contributed by atoms with Crippen LogP contribution in [0.4, 0.5) is 4.79 Å². The molecule has 0 aliphatic carbocycles. The molecule has 39 heavy (non-hydrogen) atoms. The number of likely N-dealkylation sites (tertiary alicyclic amines) is 3. The van der Waals surface area contributed by atoms with Gasteiger partial charge in [0.15, 0.2) is 0 Å². The highest BCUT2D eigenvalue weighted by atomic mass is 16.6. The first kappa shape index (κ1) is 28.4. The van der Waals surface area contributed by atoms with E-state index in [-0.39, 0.29) is 36.3 Å². The summed E-state index contributed by atoms with van der Waals surface area (Å²) < 4.78 is 5.41. The average molecular weight is 539 g/mol. The molecule has 5 atom stereocenters. The van der Waals surface area contributed by atoms with Crippen LogP contribution in [0.5, 0.6) is 0 Å². The number of amides is 4. The molecule has 1 aromatic carbocycles. The predicted molar refractivity (Wildman–Crippen MR) is 142 cm³/mol. The fraction of sp³-hybridized carbons (Fsp3) is 0.607. The predicted octanol–water partition coefficient (Wildman–Crippen LogP) is 1.80. The Morgan fingerprint density at radius 3 is 2.49 bits per heavy atom. The number of carbonyl (C=O) groups is 4. The molecule has 11 nitrogen and oxygen atoms in total. The summed E-state index contributed by atoms with van der Waals surface area (Å²) in [6.07, 6.45) is 1.26. The highest BCUT2D eigenvalue weighted by Crippen LogP contribution is 2.38. The Hall–Kier alpha value is -3.65. The summed E-state index contributed by atoms with van der Waals surface area (Å²) in [5, 5.41) is 14.8. The molecule has 0 saturated carbocycles. The summed E-state index contributed by atoms with van der Waals surface area (Å²) in [5.74, 6) is -0.518. The number of hydrogen-bond donors (Lipinski definition) is 2. The minimum atomic E-state index is -0.941. The molecule has 0 unspecified atom stereocenters. The monoisotopic (exact) mass is 538 g/mol. The van der Waals surface area contributed by atoms with E-state index in [1.165, 1.54) is 4.90 Å². The first-order valence-corrected chi connectivity index (χ1v) is 13.5. The van der Waals surface area contributed by atoms with Gasteiger partial charge in [0.05, 0.1) is 18.2 Å². The highest BCUT2D eigenvalue weighted by Gasteiger charge is 2.52. The number of piperazine rings is 1. The molecular formula is C28H38N6O5. The van der Waals surface area contributed by atoms with Crippen LogP contribution in [0.3, 0.4) is 0 Å². The molecule has 3 aliphatic heterocycles. The Labute approximate surface area is 229 Å². The van der Waals surface area contributed by atoms with Gasteiger partial charge in [0.2, 0.25) is 11.8 Å². The van der Waals surface area contributed by atoms with Gasteiger partial charge in [0.1, 0.15) is 17.7 Å². The van der Waals surface area contributed by atoms with E-state index in [4.69, 9.17) is 4.74 Å². The van der Waals surface area contributed by atoms with Gasteiger partial charge in [-0.15, -0.1) is 0 Å². The smallest absolute Gasteiger partial charge is 0.408 e. The van der Waals surface area contributed by atoms with E-state index >= 15 is 0 Å². The van der Waals surface area contributed by atoms with Crippen LogP contribution in [0.25, 0.3) is 0 Å². The minimum Gasteiger partial charge on any atom is -0.444 e. The number of fused-ring (bicyclic) bond motifs is 2. The molecule has 4 rings (SSSR count). The van der Waals surface area contributed by atoms with Crippen LogP contribution in [0.15, 0.2) is 24.3 Å². The van der Waals surface area contributed by atoms with Gasteiger partial charge in [-0.3, -0.25) is 19.3 Å². The third-order valence-corrected chi connectivity index (χ3v) is 7.70. The van der Waals surface area contributed by atoms with Crippen LogP contribution in [0.1, 0.15) is 68.9 Å². The maximum absolute atomic E-state index is 13.5. The molecule has 11 heteroatoms. The number of alkyl carbamates (subject to hydrolysis) is 1. The number of rotatable bonds is 7. The molecule has 0 aromatic heterocycles. The molecule has 3 fully saturated rings. The van der Waals surface area contributed by atoms with Crippen LogP contribution in [-0.2, 0) is 14.3 Å². The van der Waals surface area contributed by atoms with E-state index in [0.717, 1.165) is 12.0 Å². The largest absolute Gasteiger partial charge is 0.444 e. The number of nitrogens with one attached hydrogen (secondary N) is 2. The van der Waals surface area contributed by atoms with Crippen LogP contribution < -0.4 is 10.6 Å². The zero-order valence-electron chi connectivity index (χ0n) is 23.3. The molecule has 0 spiro atoms. The number of benzene rings is 1. The van der Waals surface area contributed by atoms with Crippen LogP contribution in [0, 0.1) is 11.3 Å². The second kappa shape index (κ2) is 11.2. The van der Waals surface area contributed by atoms with Gasteiger partial charge >= 0.3 is 6.09 Å². The van der Waals surface area contributed by atoms with E-state index in [1.807, 2.05) is 28.9 Å². The van der Waals surface area contributed by atoms with Gasteiger partial charge in [-0.25, -0.2) is 4.79 Å². The van der Waals surface area contributed by atoms with Crippen molar-refractivity contribution in [1.29, 1.82) is 5.26 Å². The van der Waals surface area contributed by atoms with Crippen LogP contribution in [-0.4, -0.2) is 95.0 Å². The van der Waals surface area contributed by atoms with Crippen molar-refractivity contribution in [3.05, 3.63) is 35.4 Å². The quantitative estimate of drug-likeness (QED) is 0.540. The van der Waals surface area contributed by atoms with Gasteiger partial charge in [-0.1, -0.05) is 12.1 Å². The fourth-order valence-electron chi connectivity index (χ4n) is 5.85. The number of nitrogens with zero attached hydrogens (tertiary/aromatic N) is 4. The van der Waals surface area contributed by atoms with E-state index in [0.29, 0.717) is 31.5 Å². The van der Waals surface area contributed by atoms with E-state index in [1.54, 1.807) is 40.0 Å². The topological polar surface area (TPSA) is 135 Å². The molecule has 3 saturated heterocycles. The van der Waals surface area contributed by atoms with Gasteiger partial charge in [-0.2, -0.15) is 5.26 Å². The van der Waals surface area contributed by atoms with Crippen molar-refractivity contribution < 1.29 is 23.9 Å². The van der Waals surface area contributed by atoms with Gasteiger partial charge in [-0.05, 0) is 64.7 Å². The van der Waals surface area contributed by atoms with Crippen molar-refractivity contribution >= 4 is 23.8 Å². The minimum absolute atomic E-state index is 0.0198. The molecule has 210 valence electrons. The Morgan fingerprint density at radius 1 is 1.21 bits per heavy atom. The normalized spacial score (nSPS) is 24.3. The van der Waals surface area contributed by atoms with Gasteiger partial charge < -0.3 is 25.2 Å². The van der Waals surface area contributed by atoms with Crippen molar-refractivity contribution in [1.82, 2.24) is 25.3 Å². The summed E-state index contributed by atoms with van der Waals surface area (Å²) in [6.45, 7) is 8.39. The van der Waals surface area contributed by atoms with Gasteiger partial charge in [0, 0.05) is 38.3 Å². The lowest BCUT2D eigenvalue weighted by Gasteiger charge is -2.39. The zero-order chi connectivity index (χ0) is 28.5. The molecule has 2 bridgehead atoms. The maximum atomic E-state index is 13.5. The van der Waals surface area contributed by atoms with Crippen LogP contribution >= 0.6 is 0 Å². The summed E-state index contributed by atoms with van der Waals surface area (Å²) >= 11 is 0. The van der Waals surface area contributed by atoms with Crippen LogP contribution in [0.2, 0.25) is 0 Å². The van der Waals surface area contributed by atoms with Gasteiger partial charge in [0.25, 0.3) is 5.91 Å². The first-order chi connectivity index (χ1) is 18.4. The lowest BCUT2D eigenvalue weighted by atomic mass is 10.0. The number of nitriles is 1. The Morgan fingerprint density at radius 2 is 1.90 bits per heavy atom. The second-order valence-electron chi connectivity index (χ2n) is 11.5. The summed E-state index contributed by atoms with van der Waals surface area (Å²) in [6, 6.07) is 7.35. The second-order valence-corrected chi connectivity index (χ2v) is 11.5. The lowest BCUT2D eigenvalue weighted by molar-refractivity contribution is -0.141. The van der Waals surface area contributed by atoms with Crippen molar-refractivity contribution in [3.63, 3.8) is 0 Å². The van der Waals surface area contributed by atoms with Crippen molar-refractivity contribution in [3.8, 4) is 6.07 Å². The molecule has 2 N–H and O–H groups in total. The van der Waals surface area contributed by atoms with Crippen molar-refractivity contribution in [2.24, 2.45) is 0 Å². The molecule has 1 aromatic rings. The maximum Gasteiger partial charge on any atom is 0.408 e. The van der Waals surface area contributed by atoms with E-state index < -0.39 is 29.8 Å². The lowest BCUT2D eigenvalue weighted by Crippen LogP contribution is -2.59. The third-order valence-electron chi connectivity index (χ3n) is 7.70. The van der Waals surface area contributed by atoms with E-state index in [2.05, 4.69) is 16.7 Å². The zero-order valence-corrected chi connectivity index (χ0v) is 23.3. The standard InChI is InChI=1S/C28H38N6O5/c1-17(18-8-10-19(11-9-18)24(35)30-5)34-21-13-23(26(34)37)32(15-21)16-22(31-27(38)39-28(2,3)4)25(36)33-12-6-7-20(33)14-29/h8-11,17,20-23H,6-7,12-13,15-16H2,1-5H3,(H,30,35)(H,31,38)/t17-,20+,21-,22+,23-/m1/s1. The number of hydrogen-bond acceptors (Lipinski definition) is 7. The first-order valence-electron chi connectivity index (χ1n) is 13.5. The summed E-state index contributed by atoms with van der Waals surface area (Å²) in [4.78, 5) is 56.9. The number of ether oxygens (including phenoxy) is 1. The Balaban J connectivity index is 1.46. The molecular weight excluding hydrogens is 500 g/mol. The fourth-order valence-corrected chi connectivity index (χ4v) is 5.85. The molecule has 0 radical (unpaired) electrons. The van der Waals surface area contributed by atoms with Crippen molar-refractivity contribution in [2.75, 3.05) is 26.7 Å². The molecule has 3 aliphatic rings. The summed E-state index contributed by atoms with van der Waals surface area (Å²) in [5.41, 5.74) is 0.753. The average Bonchev–Trinajstić information content (AvgIpc) is 3.60. The Kier molecular flexibility index (Phi) is 8.16.